The largest absolute Gasteiger partial charge is 0.478 e. The molecule has 0 radical (unpaired) electrons. The van der Waals surface area contributed by atoms with Crippen molar-refractivity contribution < 1.29 is 14.3 Å². The molecule has 0 spiro atoms. The van der Waals surface area contributed by atoms with Gasteiger partial charge in [0.05, 0.1) is 16.9 Å². The molecule has 2 amide bonds. The van der Waals surface area contributed by atoms with Crippen molar-refractivity contribution in [2.75, 3.05) is 10.6 Å². The molecule has 2 N–H and O–H groups in total. The fourth-order valence-corrected chi connectivity index (χ4v) is 4.84. The van der Waals surface area contributed by atoms with Crippen molar-refractivity contribution in [3.8, 4) is 5.75 Å². The number of nitrogens with one attached hydrogen (secondary N) is 2. The second-order valence-corrected chi connectivity index (χ2v) is 8.26. The average Bonchev–Trinajstić information content (AvgIpc) is 3.04. The molecule has 0 bridgehead atoms. The summed E-state index contributed by atoms with van der Waals surface area (Å²) in [7, 11) is 0. The van der Waals surface area contributed by atoms with Crippen LogP contribution in [0.4, 0.5) is 10.8 Å². The van der Waals surface area contributed by atoms with Gasteiger partial charge in [-0.05, 0) is 44.2 Å². The third-order valence-corrected chi connectivity index (χ3v) is 6.18. The molecular weight excluding hydrogens is 362 g/mol. The number of ether oxygens (including phenoxy) is 1. The highest BCUT2D eigenvalue weighted by Gasteiger charge is 2.28. The highest BCUT2D eigenvalue weighted by molar-refractivity contribution is 7.15. The number of rotatable bonds is 4. The first-order valence-electron chi connectivity index (χ1n) is 9.45. The van der Waals surface area contributed by atoms with E-state index in [0.29, 0.717) is 22.1 Å². The molecule has 7 heteroatoms. The number of benzene rings is 1. The zero-order chi connectivity index (χ0) is 19.0. The van der Waals surface area contributed by atoms with Crippen LogP contribution in [-0.4, -0.2) is 22.9 Å². The van der Waals surface area contributed by atoms with E-state index in [9.17, 15) is 9.59 Å². The van der Waals surface area contributed by atoms with Crippen LogP contribution in [0, 0.1) is 5.92 Å². The highest BCUT2D eigenvalue weighted by atomic mass is 32.1. The van der Waals surface area contributed by atoms with E-state index < -0.39 is 6.10 Å². The monoisotopic (exact) mass is 385 g/mol. The lowest BCUT2D eigenvalue weighted by atomic mass is 9.88. The maximum Gasteiger partial charge on any atom is 0.265 e. The first kappa shape index (κ1) is 18.0. The second kappa shape index (κ2) is 7.31. The van der Waals surface area contributed by atoms with Gasteiger partial charge in [0.25, 0.3) is 11.8 Å². The Hall–Kier alpha value is -2.41. The first-order valence-corrected chi connectivity index (χ1v) is 10.3. The minimum atomic E-state index is -0.630. The van der Waals surface area contributed by atoms with Crippen LogP contribution in [0.15, 0.2) is 18.2 Å². The Morgan fingerprint density at radius 1 is 1.44 bits per heavy atom. The number of aromatic nitrogens is 1. The Balaban J connectivity index is 1.53. The van der Waals surface area contributed by atoms with Gasteiger partial charge in [0.1, 0.15) is 0 Å². The van der Waals surface area contributed by atoms with Crippen molar-refractivity contribution in [3.63, 3.8) is 0 Å². The standard InChI is InChI=1S/C20H23N3O3S/c1-3-5-12-8-9-14-16(10-12)27-20(22-14)23-19(25)13-6-4-7-15-17(13)26-11(2)18(24)21-15/h4,6-7,11-12H,3,5,8-10H2,1-2H3,(H,21,24)(H,22,23,25). The number of hydrogen-bond acceptors (Lipinski definition) is 5. The lowest BCUT2D eigenvalue weighted by Crippen LogP contribution is -2.35. The van der Waals surface area contributed by atoms with Gasteiger partial charge in [-0.25, -0.2) is 4.98 Å². The highest BCUT2D eigenvalue weighted by Crippen LogP contribution is 2.36. The molecule has 1 aromatic carbocycles. The smallest absolute Gasteiger partial charge is 0.265 e. The number of para-hydroxylation sites is 1. The van der Waals surface area contributed by atoms with E-state index in [-0.39, 0.29) is 11.8 Å². The maximum absolute atomic E-state index is 12.8. The van der Waals surface area contributed by atoms with Crippen LogP contribution in [0.25, 0.3) is 0 Å². The Labute approximate surface area is 162 Å². The van der Waals surface area contributed by atoms with E-state index in [1.165, 1.54) is 24.1 Å². The molecule has 2 unspecified atom stereocenters. The van der Waals surface area contributed by atoms with Gasteiger partial charge in [0.15, 0.2) is 17.0 Å². The molecule has 0 saturated carbocycles. The molecule has 0 fully saturated rings. The summed E-state index contributed by atoms with van der Waals surface area (Å²) in [5.74, 6) is 0.651. The molecule has 6 nitrogen and oxygen atoms in total. The van der Waals surface area contributed by atoms with Crippen LogP contribution in [0.2, 0.25) is 0 Å². The number of amides is 2. The van der Waals surface area contributed by atoms with Gasteiger partial charge in [-0.15, -0.1) is 11.3 Å². The van der Waals surface area contributed by atoms with E-state index in [2.05, 4.69) is 22.5 Å². The Morgan fingerprint density at radius 3 is 3.11 bits per heavy atom. The first-order chi connectivity index (χ1) is 13.0. The summed E-state index contributed by atoms with van der Waals surface area (Å²) in [5, 5.41) is 6.31. The van der Waals surface area contributed by atoms with Crippen molar-refractivity contribution in [1.29, 1.82) is 0 Å². The lowest BCUT2D eigenvalue weighted by Gasteiger charge is -2.24. The summed E-state index contributed by atoms with van der Waals surface area (Å²) in [6.07, 6.45) is 5.04. The third-order valence-electron chi connectivity index (χ3n) is 5.14. The normalized spacial score (nSPS) is 20.9. The summed E-state index contributed by atoms with van der Waals surface area (Å²) in [6, 6.07) is 5.16. The zero-order valence-corrected chi connectivity index (χ0v) is 16.3. The van der Waals surface area contributed by atoms with E-state index in [0.717, 1.165) is 24.5 Å². The number of hydrogen-bond donors (Lipinski definition) is 2. The molecule has 1 aliphatic heterocycles. The average molecular weight is 385 g/mol. The van der Waals surface area contributed by atoms with Crippen molar-refractivity contribution in [2.45, 2.75) is 52.1 Å². The fourth-order valence-electron chi connectivity index (χ4n) is 3.72. The number of carbonyl (C=O) groups is 2. The number of fused-ring (bicyclic) bond motifs is 2. The van der Waals surface area contributed by atoms with Crippen LogP contribution < -0.4 is 15.4 Å². The van der Waals surface area contributed by atoms with E-state index in [1.807, 2.05) is 0 Å². The molecule has 0 saturated heterocycles. The summed E-state index contributed by atoms with van der Waals surface area (Å²) in [4.78, 5) is 30.5. The van der Waals surface area contributed by atoms with E-state index in [1.54, 1.807) is 36.5 Å². The molecule has 4 rings (SSSR count). The van der Waals surface area contributed by atoms with Crippen LogP contribution in [0.3, 0.4) is 0 Å². The number of aryl methyl sites for hydroxylation is 1. The third kappa shape index (κ3) is 3.56. The van der Waals surface area contributed by atoms with Gasteiger partial charge >= 0.3 is 0 Å². The molecule has 2 aliphatic rings. The van der Waals surface area contributed by atoms with Crippen molar-refractivity contribution in [3.05, 3.63) is 34.3 Å². The topological polar surface area (TPSA) is 80.3 Å². The van der Waals surface area contributed by atoms with Gasteiger partial charge in [-0.2, -0.15) is 0 Å². The molecule has 1 aromatic heterocycles. The lowest BCUT2D eigenvalue weighted by molar-refractivity contribution is -0.122. The van der Waals surface area contributed by atoms with Crippen LogP contribution in [0.5, 0.6) is 5.75 Å². The van der Waals surface area contributed by atoms with Crippen LogP contribution in [-0.2, 0) is 17.6 Å². The Bertz CT molecular complexity index is 893. The summed E-state index contributed by atoms with van der Waals surface area (Å²) < 4.78 is 5.67. The minimum Gasteiger partial charge on any atom is -0.478 e. The summed E-state index contributed by atoms with van der Waals surface area (Å²) in [6.45, 7) is 3.88. The summed E-state index contributed by atoms with van der Waals surface area (Å²) in [5.41, 5.74) is 2.04. The second-order valence-electron chi connectivity index (χ2n) is 7.17. The minimum absolute atomic E-state index is 0.214. The maximum atomic E-state index is 12.8. The Kier molecular flexibility index (Phi) is 4.86. The summed E-state index contributed by atoms with van der Waals surface area (Å²) >= 11 is 1.57. The molecule has 2 aromatic rings. The molecule has 2 heterocycles. The number of thiazole rings is 1. The predicted octanol–water partition coefficient (Wildman–Crippen LogP) is 4.02. The fraction of sp³-hybridized carbons (Fsp3) is 0.450. The van der Waals surface area contributed by atoms with Crippen molar-refractivity contribution in [2.24, 2.45) is 5.92 Å². The quantitative estimate of drug-likeness (QED) is 0.833. The van der Waals surface area contributed by atoms with Crippen LogP contribution in [0.1, 0.15) is 54.0 Å². The number of carbonyl (C=O) groups excluding carboxylic acids is 2. The van der Waals surface area contributed by atoms with Gasteiger partial charge in [0.2, 0.25) is 0 Å². The molecule has 27 heavy (non-hydrogen) atoms. The molecule has 2 atom stereocenters. The van der Waals surface area contributed by atoms with Gasteiger partial charge < -0.3 is 10.1 Å². The van der Waals surface area contributed by atoms with Gasteiger partial charge in [-0.1, -0.05) is 25.8 Å². The van der Waals surface area contributed by atoms with Gasteiger partial charge in [0, 0.05) is 4.88 Å². The van der Waals surface area contributed by atoms with Crippen molar-refractivity contribution in [1.82, 2.24) is 4.98 Å². The molecule has 1 aliphatic carbocycles. The van der Waals surface area contributed by atoms with Crippen LogP contribution >= 0.6 is 11.3 Å². The zero-order valence-electron chi connectivity index (χ0n) is 15.5. The number of anilines is 2. The van der Waals surface area contributed by atoms with Crippen molar-refractivity contribution >= 4 is 34.0 Å². The predicted molar refractivity (Wildman–Crippen MR) is 106 cm³/mol. The van der Waals surface area contributed by atoms with E-state index >= 15 is 0 Å². The van der Waals surface area contributed by atoms with E-state index in [4.69, 9.17) is 4.74 Å². The molecular formula is C20H23N3O3S. The molecule has 142 valence electrons. The number of nitrogens with zero attached hydrogens (tertiary/aromatic N) is 1. The Morgan fingerprint density at radius 2 is 2.30 bits per heavy atom. The SMILES string of the molecule is CCCC1CCc2nc(NC(=O)c3cccc4c3OC(C)C(=O)N4)sc2C1. The van der Waals surface area contributed by atoms with Gasteiger partial charge in [-0.3, -0.25) is 14.9 Å².